The molecule has 0 spiro atoms. The molecule has 1 saturated heterocycles. The van der Waals surface area contributed by atoms with Crippen LogP contribution in [-0.2, 0) is 4.79 Å². The summed E-state index contributed by atoms with van der Waals surface area (Å²) >= 11 is 3.41. The summed E-state index contributed by atoms with van der Waals surface area (Å²) in [6, 6.07) is 4.53. The Labute approximate surface area is 130 Å². The molecule has 1 atom stereocenters. The molecule has 0 aromatic carbocycles. The van der Waals surface area contributed by atoms with Crippen molar-refractivity contribution in [2.45, 2.75) is 31.3 Å². The summed E-state index contributed by atoms with van der Waals surface area (Å²) in [6.45, 7) is 0.795. The van der Waals surface area contributed by atoms with E-state index in [0.29, 0.717) is 12.5 Å². The van der Waals surface area contributed by atoms with Gasteiger partial charge >= 0.3 is 0 Å². The molecule has 2 aliphatic rings. The smallest absolute Gasteiger partial charge is 0.225 e. The Bertz CT molecular complexity index is 716. The Morgan fingerprint density at radius 2 is 2.19 bits per heavy atom. The molecule has 2 aromatic heterocycles. The topological polar surface area (TPSA) is 58.1 Å². The van der Waals surface area contributed by atoms with E-state index in [1.165, 1.54) is 0 Å². The number of carbonyl (C=O) groups is 1. The van der Waals surface area contributed by atoms with Crippen molar-refractivity contribution in [3.05, 3.63) is 29.0 Å². The van der Waals surface area contributed by atoms with Crippen molar-refractivity contribution in [2.24, 2.45) is 0 Å². The van der Waals surface area contributed by atoms with Gasteiger partial charge in [0, 0.05) is 35.9 Å². The van der Waals surface area contributed by atoms with Crippen LogP contribution in [-0.4, -0.2) is 39.4 Å². The molecular weight excluding hydrogens is 332 g/mol. The van der Waals surface area contributed by atoms with Crippen molar-refractivity contribution in [2.75, 3.05) is 11.9 Å². The van der Waals surface area contributed by atoms with Gasteiger partial charge in [0.05, 0.1) is 17.2 Å². The fourth-order valence-electron chi connectivity index (χ4n) is 2.91. The lowest BCUT2D eigenvalue weighted by Gasteiger charge is -2.17. The number of halogens is 1. The average Bonchev–Trinajstić information content (AvgIpc) is 3.23. The number of anilines is 1. The van der Waals surface area contributed by atoms with Crippen LogP contribution in [0.5, 0.6) is 0 Å². The minimum atomic E-state index is 0.161. The van der Waals surface area contributed by atoms with Gasteiger partial charge in [0.2, 0.25) is 5.91 Å². The molecule has 4 rings (SSSR count). The SMILES string of the molecule is O=C1CC(Nc2ccnc3cc(Br)cnc23)CN1C1CC1. The number of pyridine rings is 2. The Hall–Kier alpha value is -1.69. The molecule has 1 unspecified atom stereocenters. The summed E-state index contributed by atoms with van der Waals surface area (Å²) in [5.74, 6) is 0.268. The van der Waals surface area contributed by atoms with Gasteiger partial charge in [0.1, 0.15) is 5.52 Å². The summed E-state index contributed by atoms with van der Waals surface area (Å²) in [6.07, 6.45) is 6.43. The van der Waals surface area contributed by atoms with Crippen molar-refractivity contribution in [3.63, 3.8) is 0 Å². The molecule has 1 aliphatic heterocycles. The number of nitrogens with zero attached hydrogens (tertiary/aromatic N) is 3. The molecule has 3 heterocycles. The van der Waals surface area contributed by atoms with E-state index in [1.807, 2.05) is 17.0 Å². The first-order valence-corrected chi connectivity index (χ1v) is 7.96. The summed E-state index contributed by atoms with van der Waals surface area (Å²) in [7, 11) is 0. The molecule has 6 heteroatoms. The van der Waals surface area contributed by atoms with Crippen molar-refractivity contribution >= 4 is 38.6 Å². The van der Waals surface area contributed by atoms with Crippen LogP contribution >= 0.6 is 15.9 Å². The lowest BCUT2D eigenvalue weighted by Crippen LogP contribution is -2.29. The molecule has 0 bridgehead atoms. The van der Waals surface area contributed by atoms with Crippen LogP contribution in [0, 0.1) is 0 Å². The van der Waals surface area contributed by atoms with Crippen LogP contribution in [0.2, 0.25) is 0 Å². The van der Waals surface area contributed by atoms with E-state index < -0.39 is 0 Å². The molecule has 1 amide bonds. The Morgan fingerprint density at radius 3 is 3.00 bits per heavy atom. The second-order valence-electron chi connectivity index (χ2n) is 5.70. The zero-order valence-corrected chi connectivity index (χ0v) is 13.0. The summed E-state index contributed by atoms with van der Waals surface area (Å²) < 4.78 is 0.913. The quantitative estimate of drug-likeness (QED) is 0.927. The van der Waals surface area contributed by atoms with Crippen LogP contribution < -0.4 is 5.32 Å². The predicted octanol–water partition coefficient (Wildman–Crippen LogP) is 2.57. The van der Waals surface area contributed by atoms with E-state index in [4.69, 9.17) is 0 Å². The maximum absolute atomic E-state index is 12.0. The Balaban J connectivity index is 1.58. The van der Waals surface area contributed by atoms with Gasteiger partial charge in [-0.3, -0.25) is 14.8 Å². The van der Waals surface area contributed by atoms with Gasteiger partial charge < -0.3 is 10.2 Å². The highest BCUT2D eigenvalue weighted by molar-refractivity contribution is 9.10. The minimum absolute atomic E-state index is 0.161. The van der Waals surface area contributed by atoms with Gasteiger partial charge in [-0.15, -0.1) is 0 Å². The molecule has 21 heavy (non-hydrogen) atoms. The number of carbonyl (C=O) groups excluding carboxylic acids is 1. The lowest BCUT2D eigenvalue weighted by molar-refractivity contribution is -0.128. The number of amides is 1. The number of hydrogen-bond donors (Lipinski definition) is 1. The second kappa shape index (κ2) is 4.94. The third-order valence-electron chi connectivity index (χ3n) is 4.05. The zero-order chi connectivity index (χ0) is 14.4. The first-order chi connectivity index (χ1) is 10.2. The number of rotatable bonds is 3. The number of nitrogens with one attached hydrogen (secondary N) is 1. The van der Waals surface area contributed by atoms with Crippen molar-refractivity contribution < 1.29 is 4.79 Å². The van der Waals surface area contributed by atoms with Crippen molar-refractivity contribution in [1.82, 2.24) is 14.9 Å². The summed E-state index contributed by atoms with van der Waals surface area (Å²) in [5.41, 5.74) is 2.64. The molecule has 108 valence electrons. The average molecular weight is 347 g/mol. The largest absolute Gasteiger partial charge is 0.378 e. The monoisotopic (exact) mass is 346 g/mol. The van der Waals surface area contributed by atoms with E-state index in [9.17, 15) is 4.79 Å². The number of aromatic nitrogens is 2. The number of likely N-dealkylation sites (tertiary alicyclic amines) is 1. The highest BCUT2D eigenvalue weighted by atomic mass is 79.9. The van der Waals surface area contributed by atoms with Crippen molar-refractivity contribution in [1.29, 1.82) is 0 Å². The first-order valence-electron chi connectivity index (χ1n) is 7.17. The summed E-state index contributed by atoms with van der Waals surface area (Å²) in [5, 5.41) is 3.47. The molecule has 1 saturated carbocycles. The van der Waals surface area contributed by atoms with Gasteiger partial charge in [-0.25, -0.2) is 0 Å². The third-order valence-corrected chi connectivity index (χ3v) is 4.48. The van der Waals surface area contributed by atoms with Crippen molar-refractivity contribution in [3.8, 4) is 0 Å². The van der Waals surface area contributed by atoms with E-state index in [2.05, 4.69) is 31.2 Å². The van der Waals surface area contributed by atoms with E-state index in [1.54, 1.807) is 12.4 Å². The molecule has 5 nitrogen and oxygen atoms in total. The van der Waals surface area contributed by atoms with Crippen LogP contribution in [0.3, 0.4) is 0 Å². The number of fused-ring (bicyclic) bond motifs is 1. The van der Waals surface area contributed by atoms with Crippen LogP contribution in [0.4, 0.5) is 5.69 Å². The Kier molecular flexibility index (Phi) is 3.06. The molecule has 0 radical (unpaired) electrons. The maximum Gasteiger partial charge on any atom is 0.225 e. The minimum Gasteiger partial charge on any atom is -0.378 e. The van der Waals surface area contributed by atoms with Gasteiger partial charge in [0.25, 0.3) is 0 Å². The molecule has 1 aliphatic carbocycles. The molecular formula is C15H15BrN4O. The van der Waals surface area contributed by atoms with Crippen LogP contribution in [0.15, 0.2) is 29.0 Å². The van der Waals surface area contributed by atoms with Gasteiger partial charge in [-0.2, -0.15) is 0 Å². The second-order valence-corrected chi connectivity index (χ2v) is 6.62. The van der Waals surface area contributed by atoms with Gasteiger partial charge in [-0.05, 0) is 40.9 Å². The van der Waals surface area contributed by atoms with E-state index in [-0.39, 0.29) is 11.9 Å². The Morgan fingerprint density at radius 1 is 1.33 bits per heavy atom. The molecule has 2 fully saturated rings. The first kappa shape index (κ1) is 13.0. The third kappa shape index (κ3) is 2.48. The highest BCUT2D eigenvalue weighted by Crippen LogP contribution is 2.32. The highest BCUT2D eigenvalue weighted by Gasteiger charge is 2.39. The van der Waals surface area contributed by atoms with E-state index >= 15 is 0 Å². The van der Waals surface area contributed by atoms with Gasteiger partial charge in [0.15, 0.2) is 0 Å². The maximum atomic E-state index is 12.0. The molecule has 2 aromatic rings. The normalized spacial score (nSPS) is 22.0. The van der Waals surface area contributed by atoms with Crippen LogP contribution in [0.1, 0.15) is 19.3 Å². The fraction of sp³-hybridized carbons (Fsp3) is 0.400. The van der Waals surface area contributed by atoms with Gasteiger partial charge in [-0.1, -0.05) is 0 Å². The predicted molar refractivity (Wildman–Crippen MR) is 84.0 cm³/mol. The lowest BCUT2D eigenvalue weighted by atomic mass is 10.2. The fourth-order valence-corrected chi connectivity index (χ4v) is 3.23. The van der Waals surface area contributed by atoms with Crippen LogP contribution in [0.25, 0.3) is 11.0 Å². The standard InChI is InChI=1S/C15H15BrN4O/c16-9-5-13-15(18-7-9)12(3-4-17-13)19-10-6-14(21)20(8-10)11-1-2-11/h3-5,7,10-11H,1-2,6,8H2,(H,17,19). The van der Waals surface area contributed by atoms with E-state index in [0.717, 1.165) is 40.6 Å². The zero-order valence-electron chi connectivity index (χ0n) is 11.4. The molecule has 1 N–H and O–H groups in total. The summed E-state index contributed by atoms with van der Waals surface area (Å²) in [4.78, 5) is 22.8. The number of hydrogen-bond acceptors (Lipinski definition) is 4.